The molecule has 0 bridgehead atoms. The highest BCUT2D eigenvalue weighted by molar-refractivity contribution is 6.60. The van der Waals surface area contributed by atoms with Gasteiger partial charge in [-0.1, -0.05) is 12.1 Å². The molecule has 14 heteroatoms. The maximum absolute atomic E-state index is 13.8. The quantitative estimate of drug-likeness (QED) is 0.111. The third-order valence-corrected chi connectivity index (χ3v) is 4.66. The third kappa shape index (κ3) is 7.02. The Labute approximate surface area is 188 Å². The molecule has 0 atom stereocenters. The van der Waals surface area contributed by atoms with Crippen LogP contribution < -0.4 is 22.0 Å². The number of benzene rings is 2. The van der Waals surface area contributed by atoms with Crippen molar-refractivity contribution in [3.05, 3.63) is 53.3 Å². The van der Waals surface area contributed by atoms with E-state index >= 15 is 0 Å². The van der Waals surface area contributed by atoms with Gasteiger partial charge in [-0.3, -0.25) is 14.4 Å². The minimum absolute atomic E-state index is 0.00276. The molecule has 0 unspecified atom stereocenters. The van der Waals surface area contributed by atoms with E-state index in [1.54, 1.807) is 0 Å². The van der Waals surface area contributed by atoms with Crippen LogP contribution >= 0.6 is 0 Å². The first kappa shape index (κ1) is 25.8. The molecular weight excluding hydrogens is 439 g/mol. The Morgan fingerprint density at radius 2 is 1.58 bits per heavy atom. The molecule has 2 aromatic carbocycles. The first-order valence-electron chi connectivity index (χ1n) is 9.71. The number of nitrogens with two attached hydrogens (primary N) is 1. The number of aliphatic carboxylic acids is 1. The van der Waals surface area contributed by atoms with Crippen LogP contribution in [-0.4, -0.2) is 81.8 Å². The van der Waals surface area contributed by atoms with E-state index in [2.05, 4.69) is 5.32 Å². The van der Waals surface area contributed by atoms with Crippen LogP contribution in [0.25, 0.3) is 0 Å². The molecule has 8 N–H and O–H groups in total. The Bertz CT molecular complexity index is 1040. The zero-order valence-corrected chi connectivity index (χ0v) is 17.3. The number of carboxylic acid groups (broad SMARTS) is 1. The number of nitrogen functional groups attached to an aromatic ring is 1. The maximum Gasteiger partial charge on any atom is 0.491 e. The average Bonchev–Trinajstić information content (AvgIpc) is 2.74. The van der Waals surface area contributed by atoms with Crippen LogP contribution in [0.4, 0.5) is 10.1 Å². The molecule has 33 heavy (non-hydrogen) atoms. The number of carboxylic acids is 1. The van der Waals surface area contributed by atoms with Gasteiger partial charge in [0.05, 0.1) is 0 Å². The van der Waals surface area contributed by atoms with Crippen LogP contribution in [0.15, 0.2) is 36.4 Å². The zero-order valence-electron chi connectivity index (χ0n) is 17.3. The van der Waals surface area contributed by atoms with E-state index in [9.17, 15) is 28.8 Å². The summed E-state index contributed by atoms with van der Waals surface area (Å²) in [5.41, 5.74) is 5.25. The summed E-state index contributed by atoms with van der Waals surface area (Å²) in [4.78, 5) is 37.0. The van der Waals surface area contributed by atoms with E-state index in [4.69, 9.17) is 20.9 Å². The van der Waals surface area contributed by atoms with Crippen molar-refractivity contribution < 1.29 is 44.0 Å². The van der Waals surface area contributed by atoms with Gasteiger partial charge in [0.15, 0.2) is 0 Å². The number of anilines is 1. The second kappa shape index (κ2) is 11.4. The zero-order chi connectivity index (χ0) is 24.7. The van der Waals surface area contributed by atoms with Gasteiger partial charge in [-0.05, 0) is 30.7 Å². The second-order valence-electron chi connectivity index (χ2n) is 7.06. The fourth-order valence-electron chi connectivity index (χ4n) is 2.99. The Balaban J connectivity index is 1.99. The van der Waals surface area contributed by atoms with Crippen LogP contribution in [0.3, 0.4) is 0 Å². The number of nitrogens with one attached hydrogen (secondary N) is 1. The highest BCUT2D eigenvalue weighted by Gasteiger charge is 2.22. The van der Waals surface area contributed by atoms with Crippen molar-refractivity contribution in [3.8, 4) is 0 Å². The Morgan fingerprint density at radius 3 is 2.12 bits per heavy atom. The first-order valence-corrected chi connectivity index (χ1v) is 9.71. The van der Waals surface area contributed by atoms with Crippen molar-refractivity contribution in [2.24, 2.45) is 0 Å². The van der Waals surface area contributed by atoms with Crippen LogP contribution in [0, 0.1) is 5.82 Å². The summed E-state index contributed by atoms with van der Waals surface area (Å²) in [6.07, 6.45) is 0.170. The molecule has 2 rings (SSSR count). The minimum atomic E-state index is -2.01. The molecular formula is C19H22B2FN3O8. The lowest BCUT2D eigenvalue weighted by atomic mass is 9.78. The first-order chi connectivity index (χ1) is 15.5. The fraction of sp³-hybridized carbons (Fsp3) is 0.211. The monoisotopic (exact) mass is 461 g/mol. The van der Waals surface area contributed by atoms with E-state index < -0.39 is 44.4 Å². The summed E-state index contributed by atoms with van der Waals surface area (Å²) in [5.74, 6) is -3.52. The summed E-state index contributed by atoms with van der Waals surface area (Å²) < 4.78 is 13.8. The summed E-state index contributed by atoms with van der Waals surface area (Å²) >= 11 is 0. The summed E-state index contributed by atoms with van der Waals surface area (Å²) in [6, 6.07) is 6.86. The Hall–Kier alpha value is -3.45. The lowest BCUT2D eigenvalue weighted by molar-refractivity contribution is -0.137. The van der Waals surface area contributed by atoms with Crippen LogP contribution in [-0.2, 0) is 4.79 Å². The molecule has 0 aromatic heterocycles. The van der Waals surface area contributed by atoms with Gasteiger partial charge >= 0.3 is 20.2 Å². The molecule has 0 aliphatic heterocycles. The maximum atomic E-state index is 13.8. The van der Waals surface area contributed by atoms with Gasteiger partial charge in [0, 0.05) is 40.8 Å². The van der Waals surface area contributed by atoms with E-state index in [0.717, 1.165) is 17.0 Å². The molecule has 0 aliphatic rings. The molecule has 0 saturated carbocycles. The molecule has 2 amide bonds. The molecule has 0 fully saturated rings. The third-order valence-electron chi connectivity index (χ3n) is 4.66. The van der Waals surface area contributed by atoms with E-state index in [1.807, 2.05) is 0 Å². The van der Waals surface area contributed by atoms with Crippen molar-refractivity contribution >= 4 is 48.6 Å². The predicted octanol–water partition coefficient (Wildman–Crippen LogP) is -2.89. The van der Waals surface area contributed by atoms with Gasteiger partial charge in [0.2, 0.25) is 0 Å². The lowest BCUT2D eigenvalue weighted by Crippen LogP contribution is -2.38. The van der Waals surface area contributed by atoms with Crippen LogP contribution in [0.1, 0.15) is 27.1 Å². The molecule has 0 radical (unpaired) electrons. The van der Waals surface area contributed by atoms with Crippen molar-refractivity contribution in [2.75, 3.05) is 25.4 Å². The molecule has 0 spiro atoms. The van der Waals surface area contributed by atoms with Gasteiger partial charge in [0.25, 0.3) is 11.8 Å². The second-order valence-corrected chi connectivity index (χ2v) is 7.06. The molecule has 0 saturated heterocycles. The molecule has 174 valence electrons. The van der Waals surface area contributed by atoms with E-state index in [1.165, 1.54) is 24.3 Å². The van der Waals surface area contributed by atoms with E-state index in [-0.39, 0.29) is 47.3 Å². The number of carbonyl (C=O) groups excluding carboxylic acids is 2. The number of rotatable bonds is 10. The van der Waals surface area contributed by atoms with Gasteiger partial charge < -0.3 is 41.2 Å². The molecule has 0 aliphatic carbocycles. The van der Waals surface area contributed by atoms with Crippen LogP contribution in [0.2, 0.25) is 0 Å². The summed E-state index contributed by atoms with van der Waals surface area (Å²) in [7, 11) is -3.84. The van der Waals surface area contributed by atoms with Crippen molar-refractivity contribution in [1.29, 1.82) is 0 Å². The lowest BCUT2D eigenvalue weighted by Gasteiger charge is -2.21. The molecule has 11 nitrogen and oxygen atoms in total. The SMILES string of the molecule is Nc1cc(C(=O)N(CCCNC(=O)c2ccc(B(O)O)c(F)c2)CC(=O)O)ccc1B(O)O. The molecule has 2 aromatic rings. The predicted molar refractivity (Wildman–Crippen MR) is 117 cm³/mol. The minimum Gasteiger partial charge on any atom is -0.480 e. The van der Waals surface area contributed by atoms with Crippen molar-refractivity contribution in [1.82, 2.24) is 10.2 Å². The number of amides is 2. The highest BCUT2D eigenvalue weighted by Crippen LogP contribution is 2.10. The van der Waals surface area contributed by atoms with Crippen molar-refractivity contribution in [3.63, 3.8) is 0 Å². The highest BCUT2D eigenvalue weighted by atomic mass is 19.1. The number of halogens is 1. The largest absolute Gasteiger partial charge is 0.491 e. The standard InChI is InChI=1S/C19H22B2FN3O8/c22-15-8-11(2-4-13(15)20(30)31)18(28)24-6-1-7-25(10-17(26)27)19(29)12-3-5-14(21(32)33)16(23)9-12/h2-5,8-9,30-33H,1,6-7,10,23H2,(H,24,28)(H,26,27). The number of carbonyl (C=O) groups is 3. The van der Waals surface area contributed by atoms with Gasteiger partial charge in [0.1, 0.15) is 12.4 Å². The van der Waals surface area contributed by atoms with Crippen molar-refractivity contribution in [2.45, 2.75) is 6.42 Å². The topological polar surface area (TPSA) is 194 Å². The number of nitrogens with zero attached hydrogens (tertiary/aromatic N) is 1. The Kier molecular flexibility index (Phi) is 8.94. The number of hydrogen-bond donors (Lipinski definition) is 7. The number of hydrogen-bond acceptors (Lipinski definition) is 8. The summed E-state index contributed by atoms with van der Waals surface area (Å²) in [5, 5.41) is 48.1. The molecule has 0 heterocycles. The normalized spacial score (nSPS) is 10.5. The average molecular weight is 461 g/mol. The van der Waals surface area contributed by atoms with Gasteiger partial charge in [-0.25, -0.2) is 4.39 Å². The summed E-state index contributed by atoms with van der Waals surface area (Å²) in [6.45, 7) is -0.626. The van der Waals surface area contributed by atoms with Gasteiger partial charge in [-0.15, -0.1) is 0 Å². The fourth-order valence-corrected chi connectivity index (χ4v) is 2.99. The van der Waals surface area contributed by atoms with E-state index in [0.29, 0.717) is 0 Å². The van der Waals surface area contributed by atoms with Crippen LogP contribution in [0.5, 0.6) is 0 Å². The Morgan fingerprint density at radius 1 is 0.970 bits per heavy atom. The smallest absolute Gasteiger partial charge is 0.480 e. The van der Waals surface area contributed by atoms with Gasteiger partial charge in [-0.2, -0.15) is 0 Å².